The topological polar surface area (TPSA) is 99.8 Å². The van der Waals surface area contributed by atoms with Gasteiger partial charge in [0.25, 0.3) is 18.2 Å². The van der Waals surface area contributed by atoms with E-state index in [9.17, 15) is 27.6 Å². The normalized spacial score (nSPS) is 14.9. The summed E-state index contributed by atoms with van der Waals surface area (Å²) < 4.78 is 45.4. The van der Waals surface area contributed by atoms with E-state index in [4.69, 9.17) is 16.3 Å². The molecule has 0 bridgehead atoms. The highest BCUT2D eigenvalue weighted by molar-refractivity contribution is 7.18. The molecule has 8 nitrogen and oxygen atoms in total. The number of benzene rings is 1. The van der Waals surface area contributed by atoms with Crippen LogP contribution in [0.15, 0.2) is 30.3 Å². The standard InChI is InChI=1S/C20H20ClF3N4O4S/c21-16-4-3-15(33-16)20(31)26-8-13(25-9-17(23)24)19(30)27-11-1-2-14(12(22)7-11)28-5-6-32-10-18(28)29/h1-4,7,13,17,25H,5-6,8-10H2,(H,26,31)(H,27,30)/t13-/m1/s1. The van der Waals surface area contributed by atoms with Gasteiger partial charge < -0.3 is 20.3 Å². The van der Waals surface area contributed by atoms with Gasteiger partial charge in [-0.15, -0.1) is 11.3 Å². The summed E-state index contributed by atoms with van der Waals surface area (Å²) in [6, 6.07) is 5.54. The van der Waals surface area contributed by atoms with Gasteiger partial charge in [-0.2, -0.15) is 0 Å². The van der Waals surface area contributed by atoms with E-state index in [1.807, 2.05) is 0 Å². The number of thiophene rings is 1. The summed E-state index contributed by atoms with van der Waals surface area (Å²) >= 11 is 6.82. The minimum atomic E-state index is -2.73. The molecule has 1 aromatic heterocycles. The fraction of sp³-hybridized carbons (Fsp3) is 0.350. The molecule has 3 amide bonds. The van der Waals surface area contributed by atoms with Crippen LogP contribution in [0.25, 0.3) is 0 Å². The zero-order chi connectivity index (χ0) is 24.0. The maximum Gasteiger partial charge on any atom is 0.261 e. The first-order chi connectivity index (χ1) is 15.7. The van der Waals surface area contributed by atoms with Gasteiger partial charge in [-0.25, -0.2) is 13.2 Å². The molecule has 1 fully saturated rings. The lowest BCUT2D eigenvalue weighted by Crippen LogP contribution is -2.49. The highest BCUT2D eigenvalue weighted by atomic mass is 35.5. The molecule has 1 aliphatic heterocycles. The Balaban J connectivity index is 1.65. The van der Waals surface area contributed by atoms with Crippen molar-refractivity contribution in [2.24, 2.45) is 0 Å². The Kier molecular flexibility index (Phi) is 8.67. The van der Waals surface area contributed by atoms with Crippen molar-refractivity contribution in [2.75, 3.05) is 43.1 Å². The van der Waals surface area contributed by atoms with E-state index in [2.05, 4.69) is 16.0 Å². The van der Waals surface area contributed by atoms with Crippen LogP contribution in [0.4, 0.5) is 24.5 Å². The van der Waals surface area contributed by atoms with E-state index in [1.165, 1.54) is 29.2 Å². The molecule has 0 unspecified atom stereocenters. The lowest BCUT2D eigenvalue weighted by Gasteiger charge is -2.27. The molecule has 0 aliphatic carbocycles. The monoisotopic (exact) mass is 504 g/mol. The number of rotatable bonds is 9. The summed E-state index contributed by atoms with van der Waals surface area (Å²) in [6.45, 7) is -0.777. The number of nitrogens with one attached hydrogen (secondary N) is 3. The number of carbonyl (C=O) groups is 3. The van der Waals surface area contributed by atoms with Gasteiger partial charge in [-0.05, 0) is 30.3 Å². The number of alkyl halides is 2. The minimum absolute atomic E-state index is 0.0375. The molecule has 33 heavy (non-hydrogen) atoms. The number of carbonyl (C=O) groups excluding carboxylic acids is 3. The Morgan fingerprint density at radius 3 is 2.64 bits per heavy atom. The van der Waals surface area contributed by atoms with Crippen LogP contribution in [0.3, 0.4) is 0 Å². The molecule has 1 atom stereocenters. The summed E-state index contributed by atoms with van der Waals surface area (Å²) in [5.74, 6) is -2.41. The van der Waals surface area contributed by atoms with Crippen molar-refractivity contribution in [1.82, 2.24) is 10.6 Å². The first-order valence-electron chi connectivity index (χ1n) is 9.78. The number of anilines is 2. The van der Waals surface area contributed by atoms with Crippen LogP contribution in [0, 0.1) is 5.82 Å². The zero-order valence-corrected chi connectivity index (χ0v) is 18.6. The average molecular weight is 505 g/mol. The molecule has 1 aromatic carbocycles. The summed E-state index contributed by atoms with van der Waals surface area (Å²) in [5, 5.41) is 7.29. The third kappa shape index (κ3) is 6.90. The second kappa shape index (κ2) is 11.5. The van der Waals surface area contributed by atoms with Crippen LogP contribution in [0.2, 0.25) is 4.34 Å². The SMILES string of the molecule is O=C(NC[C@@H](NCC(F)F)C(=O)Nc1ccc(N2CCOCC2=O)c(F)c1)c1ccc(Cl)s1. The maximum absolute atomic E-state index is 14.6. The van der Waals surface area contributed by atoms with Crippen LogP contribution in [-0.4, -0.2) is 63.0 Å². The average Bonchev–Trinajstić information content (AvgIpc) is 3.20. The molecular weight excluding hydrogens is 485 g/mol. The van der Waals surface area contributed by atoms with Crippen molar-refractivity contribution in [3.8, 4) is 0 Å². The van der Waals surface area contributed by atoms with Crippen LogP contribution in [0.5, 0.6) is 0 Å². The van der Waals surface area contributed by atoms with Crippen molar-refractivity contribution in [3.05, 3.63) is 45.4 Å². The van der Waals surface area contributed by atoms with E-state index < -0.39 is 42.6 Å². The molecule has 13 heteroatoms. The molecule has 1 saturated heterocycles. The zero-order valence-electron chi connectivity index (χ0n) is 17.1. The third-order valence-corrected chi connectivity index (χ3v) is 5.82. The van der Waals surface area contributed by atoms with Gasteiger partial charge >= 0.3 is 0 Å². The largest absolute Gasteiger partial charge is 0.370 e. The predicted molar refractivity (Wildman–Crippen MR) is 118 cm³/mol. The van der Waals surface area contributed by atoms with Gasteiger partial charge in [0.05, 0.1) is 28.1 Å². The Labute approximate surface area is 196 Å². The number of hydrogen-bond acceptors (Lipinski definition) is 6. The highest BCUT2D eigenvalue weighted by Gasteiger charge is 2.24. The maximum atomic E-state index is 14.6. The van der Waals surface area contributed by atoms with Crippen molar-refractivity contribution >= 4 is 52.0 Å². The third-order valence-electron chi connectivity index (χ3n) is 4.59. The predicted octanol–water partition coefficient (Wildman–Crippen LogP) is 2.50. The lowest BCUT2D eigenvalue weighted by atomic mass is 10.2. The quantitative estimate of drug-likeness (QED) is 0.487. The number of nitrogens with zero attached hydrogens (tertiary/aromatic N) is 1. The van der Waals surface area contributed by atoms with E-state index in [0.717, 1.165) is 17.4 Å². The molecule has 2 aromatic rings. The van der Waals surface area contributed by atoms with E-state index >= 15 is 0 Å². The van der Waals surface area contributed by atoms with Gasteiger partial charge in [-0.1, -0.05) is 11.6 Å². The first kappa shape index (κ1) is 25.0. The fourth-order valence-electron chi connectivity index (χ4n) is 3.01. The number of ether oxygens (including phenoxy) is 1. The Morgan fingerprint density at radius 2 is 2.00 bits per heavy atom. The van der Waals surface area contributed by atoms with Crippen molar-refractivity contribution < 1.29 is 32.3 Å². The molecule has 3 rings (SSSR count). The minimum Gasteiger partial charge on any atom is -0.370 e. The number of hydrogen-bond donors (Lipinski definition) is 3. The Morgan fingerprint density at radius 1 is 1.21 bits per heavy atom. The molecule has 2 heterocycles. The van der Waals surface area contributed by atoms with Gasteiger partial charge in [0.15, 0.2) is 0 Å². The lowest BCUT2D eigenvalue weighted by molar-refractivity contribution is -0.125. The molecule has 1 aliphatic rings. The Hall–Kier alpha value is -2.67. The highest BCUT2D eigenvalue weighted by Crippen LogP contribution is 2.24. The molecule has 0 radical (unpaired) electrons. The second-order valence-electron chi connectivity index (χ2n) is 6.92. The summed E-state index contributed by atoms with van der Waals surface area (Å²) in [4.78, 5) is 38.3. The smallest absolute Gasteiger partial charge is 0.261 e. The van der Waals surface area contributed by atoms with Crippen LogP contribution in [-0.2, 0) is 14.3 Å². The van der Waals surface area contributed by atoms with Crippen LogP contribution in [0.1, 0.15) is 9.67 Å². The number of halogens is 4. The fourth-order valence-corrected chi connectivity index (χ4v) is 3.97. The van der Waals surface area contributed by atoms with Crippen molar-refractivity contribution in [2.45, 2.75) is 12.5 Å². The van der Waals surface area contributed by atoms with Gasteiger partial charge in [0.2, 0.25) is 5.91 Å². The van der Waals surface area contributed by atoms with E-state index in [-0.39, 0.29) is 37.7 Å². The van der Waals surface area contributed by atoms with Gasteiger partial charge in [-0.3, -0.25) is 19.7 Å². The van der Waals surface area contributed by atoms with Crippen LogP contribution >= 0.6 is 22.9 Å². The second-order valence-corrected chi connectivity index (χ2v) is 8.63. The molecule has 0 saturated carbocycles. The Bertz CT molecular complexity index is 1020. The van der Waals surface area contributed by atoms with Crippen molar-refractivity contribution in [3.63, 3.8) is 0 Å². The first-order valence-corrected chi connectivity index (χ1v) is 11.0. The molecule has 178 valence electrons. The van der Waals surface area contributed by atoms with Gasteiger partial charge in [0, 0.05) is 18.8 Å². The number of morpholine rings is 1. The molecule has 3 N–H and O–H groups in total. The van der Waals surface area contributed by atoms with E-state index in [0.29, 0.717) is 9.21 Å². The summed E-state index contributed by atoms with van der Waals surface area (Å²) in [5.41, 5.74) is 0.0951. The summed E-state index contributed by atoms with van der Waals surface area (Å²) in [6.07, 6.45) is -2.73. The van der Waals surface area contributed by atoms with Crippen LogP contribution < -0.4 is 20.9 Å². The van der Waals surface area contributed by atoms with E-state index in [1.54, 1.807) is 0 Å². The molecular formula is C20H20ClF3N4O4S. The number of amides is 3. The van der Waals surface area contributed by atoms with Gasteiger partial charge in [0.1, 0.15) is 18.5 Å². The molecule has 0 spiro atoms. The summed E-state index contributed by atoms with van der Waals surface area (Å²) in [7, 11) is 0. The van der Waals surface area contributed by atoms with Crippen molar-refractivity contribution in [1.29, 1.82) is 0 Å².